The van der Waals surface area contributed by atoms with Crippen LogP contribution in [0.15, 0.2) is 36.5 Å². The number of likely N-dealkylation sites (tertiary alicyclic amines) is 1. The van der Waals surface area contributed by atoms with Gasteiger partial charge >= 0.3 is 0 Å². The fourth-order valence-electron chi connectivity index (χ4n) is 3.38. The van der Waals surface area contributed by atoms with Crippen molar-refractivity contribution < 1.29 is 9.69 Å². The molecule has 1 fully saturated rings. The van der Waals surface area contributed by atoms with Crippen molar-refractivity contribution in [2.75, 3.05) is 26.2 Å². The zero-order valence-corrected chi connectivity index (χ0v) is 14.9. The first kappa shape index (κ1) is 17.6. The first-order valence-corrected chi connectivity index (χ1v) is 9.32. The Kier molecular flexibility index (Phi) is 6.17. The quantitative estimate of drug-likeness (QED) is 0.826. The second-order valence-electron chi connectivity index (χ2n) is 6.84. The van der Waals surface area contributed by atoms with E-state index in [1.54, 1.807) is 15.8 Å². The van der Waals surface area contributed by atoms with Crippen molar-refractivity contribution in [3.8, 4) is 0 Å². The van der Waals surface area contributed by atoms with Crippen LogP contribution >= 0.6 is 0 Å². The Hall–Kier alpha value is -2.21. The van der Waals surface area contributed by atoms with E-state index in [0.29, 0.717) is 12.2 Å². The third-order valence-electron chi connectivity index (χ3n) is 5.00. The van der Waals surface area contributed by atoms with E-state index in [1.807, 2.05) is 25.1 Å². The molecule has 0 saturated carbocycles. The van der Waals surface area contributed by atoms with E-state index < -0.39 is 0 Å². The first-order valence-electron chi connectivity index (χ1n) is 9.32. The molecule has 1 aliphatic heterocycles. The van der Waals surface area contributed by atoms with Gasteiger partial charge in [0, 0.05) is 0 Å². The van der Waals surface area contributed by atoms with Crippen LogP contribution in [-0.2, 0) is 0 Å². The Bertz CT molecular complexity index is 661. The lowest BCUT2D eigenvalue weighted by Crippen LogP contribution is -3.12. The van der Waals surface area contributed by atoms with Gasteiger partial charge in [-0.1, -0.05) is 35.5 Å². The second-order valence-corrected chi connectivity index (χ2v) is 6.84. The van der Waals surface area contributed by atoms with E-state index in [1.165, 1.54) is 38.8 Å². The van der Waals surface area contributed by atoms with E-state index >= 15 is 0 Å². The van der Waals surface area contributed by atoms with Crippen LogP contribution in [0.5, 0.6) is 0 Å². The number of carbonyl (C=O) groups is 1. The van der Waals surface area contributed by atoms with E-state index in [4.69, 9.17) is 0 Å². The lowest BCUT2D eigenvalue weighted by Gasteiger charge is -2.16. The molecule has 2 heterocycles. The molecule has 0 aliphatic carbocycles. The molecule has 1 saturated heterocycles. The highest BCUT2D eigenvalue weighted by atomic mass is 16.2. The van der Waals surface area contributed by atoms with Crippen LogP contribution in [0, 0.1) is 0 Å². The Morgan fingerprint density at radius 3 is 2.64 bits per heavy atom. The summed E-state index contributed by atoms with van der Waals surface area (Å²) in [7, 11) is 0. The number of rotatable bonds is 6. The monoisotopic (exact) mass is 342 g/mol. The summed E-state index contributed by atoms with van der Waals surface area (Å²) in [4.78, 5) is 13.9. The number of nitrogens with zero attached hydrogens (tertiary/aromatic N) is 3. The molecule has 1 aliphatic rings. The number of nitrogens with one attached hydrogen (secondary N) is 2. The predicted molar refractivity (Wildman–Crippen MR) is 96.6 cm³/mol. The minimum absolute atomic E-state index is 0.0526. The molecule has 2 N–H and O–H groups in total. The summed E-state index contributed by atoms with van der Waals surface area (Å²) in [5.41, 5.74) is 1.53. The minimum atomic E-state index is -0.138. The summed E-state index contributed by atoms with van der Waals surface area (Å²) in [5.74, 6) is -0.138. The minimum Gasteiger partial charge on any atom is -0.345 e. The maximum Gasteiger partial charge on any atom is 0.273 e. The van der Waals surface area contributed by atoms with Crippen molar-refractivity contribution in [1.82, 2.24) is 20.3 Å². The number of quaternary nitrogens is 1. The molecule has 6 nitrogen and oxygen atoms in total. The summed E-state index contributed by atoms with van der Waals surface area (Å²) >= 11 is 0. The number of hydrogen-bond donors (Lipinski definition) is 2. The molecular formula is C19H28N5O+. The van der Waals surface area contributed by atoms with Crippen molar-refractivity contribution in [2.24, 2.45) is 0 Å². The number of amides is 1. The van der Waals surface area contributed by atoms with Crippen LogP contribution in [0.4, 0.5) is 0 Å². The Labute approximate surface area is 149 Å². The van der Waals surface area contributed by atoms with Gasteiger partial charge in [0.1, 0.15) is 0 Å². The number of hydrogen-bond acceptors (Lipinski definition) is 3. The third kappa shape index (κ3) is 4.89. The normalized spacial score (nSPS) is 17.0. The summed E-state index contributed by atoms with van der Waals surface area (Å²) < 4.78 is 1.74. The molecule has 1 amide bonds. The van der Waals surface area contributed by atoms with Crippen LogP contribution in [0.2, 0.25) is 0 Å². The van der Waals surface area contributed by atoms with Crippen molar-refractivity contribution in [3.63, 3.8) is 0 Å². The summed E-state index contributed by atoms with van der Waals surface area (Å²) in [6.07, 6.45) is 7.02. The average molecular weight is 342 g/mol. The Morgan fingerprint density at radius 2 is 1.92 bits per heavy atom. The van der Waals surface area contributed by atoms with E-state index in [2.05, 4.69) is 27.8 Å². The molecule has 2 aromatic rings. The topological polar surface area (TPSA) is 64.2 Å². The third-order valence-corrected chi connectivity index (χ3v) is 5.00. The van der Waals surface area contributed by atoms with Gasteiger partial charge in [-0.3, -0.25) is 4.79 Å². The van der Waals surface area contributed by atoms with Crippen LogP contribution in [0.25, 0.3) is 0 Å². The van der Waals surface area contributed by atoms with Gasteiger partial charge in [0.15, 0.2) is 5.69 Å². The molecule has 6 heteroatoms. The molecule has 3 rings (SSSR count). The van der Waals surface area contributed by atoms with E-state index in [0.717, 1.165) is 12.1 Å². The molecule has 25 heavy (non-hydrogen) atoms. The highest BCUT2D eigenvalue weighted by Crippen LogP contribution is 2.16. The summed E-state index contributed by atoms with van der Waals surface area (Å²) in [6.45, 7) is 6.17. The molecule has 0 unspecified atom stereocenters. The Balaban J connectivity index is 1.50. The number of aromatic nitrogens is 3. The average Bonchev–Trinajstić information content (AvgIpc) is 3.00. The van der Waals surface area contributed by atoms with Crippen LogP contribution in [0.1, 0.15) is 54.7 Å². The smallest absolute Gasteiger partial charge is 0.273 e. The number of carbonyl (C=O) groups excluding carboxylic acids is 1. The van der Waals surface area contributed by atoms with Gasteiger partial charge in [-0.15, -0.1) is 5.10 Å². The summed E-state index contributed by atoms with van der Waals surface area (Å²) in [5, 5.41) is 11.1. The molecule has 1 aromatic heterocycles. The van der Waals surface area contributed by atoms with Crippen LogP contribution < -0.4 is 10.2 Å². The molecule has 1 aromatic carbocycles. The molecule has 0 radical (unpaired) electrons. The maximum atomic E-state index is 12.3. The van der Waals surface area contributed by atoms with Gasteiger partial charge in [0.25, 0.3) is 5.91 Å². The second kappa shape index (κ2) is 8.76. The summed E-state index contributed by atoms with van der Waals surface area (Å²) in [6, 6.07) is 10.1. The molecule has 1 atom stereocenters. The molecule has 134 valence electrons. The fraction of sp³-hybridized carbons (Fsp3) is 0.526. The molecule has 0 bridgehead atoms. The lowest BCUT2D eigenvalue weighted by molar-refractivity contribution is -0.898. The van der Waals surface area contributed by atoms with E-state index in [-0.39, 0.29) is 11.9 Å². The van der Waals surface area contributed by atoms with Crippen molar-refractivity contribution in [2.45, 2.75) is 38.6 Å². The van der Waals surface area contributed by atoms with Gasteiger partial charge < -0.3 is 10.2 Å². The van der Waals surface area contributed by atoms with Gasteiger partial charge in [-0.2, -0.15) is 0 Å². The van der Waals surface area contributed by atoms with Gasteiger partial charge in [0.05, 0.1) is 38.4 Å². The lowest BCUT2D eigenvalue weighted by atomic mass is 10.1. The SMILES string of the molecule is C[C@H](c1ccccc1)n1cc(C(=O)NCC[NH+]2CCCCCC2)nn1. The van der Waals surface area contributed by atoms with Crippen LogP contribution in [-0.4, -0.2) is 47.1 Å². The van der Waals surface area contributed by atoms with Gasteiger partial charge in [-0.05, 0) is 38.2 Å². The van der Waals surface area contributed by atoms with Gasteiger partial charge in [0.2, 0.25) is 0 Å². The largest absolute Gasteiger partial charge is 0.345 e. The maximum absolute atomic E-state index is 12.3. The standard InChI is InChI=1S/C19H27N5O/c1-16(17-9-5-4-6-10-17)24-15-18(21-22-24)19(25)20-11-14-23-12-7-2-3-8-13-23/h4-6,9-10,15-16H,2-3,7-8,11-14H2,1H3,(H,20,25)/p+1/t16-/m1/s1. The molecule has 0 spiro atoms. The fourth-order valence-corrected chi connectivity index (χ4v) is 3.38. The van der Waals surface area contributed by atoms with Crippen molar-refractivity contribution in [1.29, 1.82) is 0 Å². The molecular weight excluding hydrogens is 314 g/mol. The van der Waals surface area contributed by atoms with E-state index in [9.17, 15) is 4.79 Å². The highest BCUT2D eigenvalue weighted by molar-refractivity contribution is 5.91. The predicted octanol–water partition coefficient (Wildman–Crippen LogP) is 1.08. The zero-order chi connectivity index (χ0) is 17.5. The zero-order valence-electron chi connectivity index (χ0n) is 14.9. The van der Waals surface area contributed by atoms with Crippen molar-refractivity contribution in [3.05, 3.63) is 47.8 Å². The van der Waals surface area contributed by atoms with Gasteiger partial charge in [-0.25, -0.2) is 4.68 Å². The Morgan fingerprint density at radius 1 is 1.20 bits per heavy atom. The highest BCUT2D eigenvalue weighted by Gasteiger charge is 2.16. The van der Waals surface area contributed by atoms with Crippen LogP contribution in [0.3, 0.4) is 0 Å². The van der Waals surface area contributed by atoms with Crippen molar-refractivity contribution >= 4 is 5.91 Å². The first-order chi connectivity index (χ1) is 12.2. The number of benzene rings is 1.